The van der Waals surface area contributed by atoms with Gasteiger partial charge in [0.2, 0.25) is 26.0 Å². The fraction of sp³-hybridized carbons (Fsp3) is 0.500. The summed E-state index contributed by atoms with van der Waals surface area (Å²) in [6.45, 7) is 4.28. The Morgan fingerprint density at radius 2 is 0.962 bits per heavy atom. The highest BCUT2D eigenvalue weighted by molar-refractivity contribution is 7.89. The number of primary amides is 1. The number of fused-ring (bicyclic) bond motifs is 2. The predicted octanol–water partition coefficient (Wildman–Crippen LogP) is 3.85. The van der Waals surface area contributed by atoms with Gasteiger partial charge in [-0.2, -0.15) is 0 Å². The molecule has 0 radical (unpaired) electrons. The average molecular weight is 1210 g/mol. The summed E-state index contributed by atoms with van der Waals surface area (Å²) in [4.78, 5) is 30.1. The lowest BCUT2D eigenvalue weighted by Gasteiger charge is -2.33. The van der Waals surface area contributed by atoms with Crippen molar-refractivity contribution >= 4 is 78.3 Å². The van der Waals surface area contributed by atoms with Crippen LogP contribution in [0.5, 0.6) is 0 Å². The third-order valence-corrected chi connectivity index (χ3v) is 16.9. The highest BCUT2D eigenvalue weighted by atomic mass is 35.5. The first-order valence-electron chi connectivity index (χ1n) is 25.2. The standard InChI is InChI=1S/C52H68Cl4N6O14S2/c1-60-31-43(41-27-37(53)29-47(55)45(41)33-60)35-5-3-7-39(25-35)77(67,68)58-9-13-71-17-21-75-23-19-73-15-11-62(52(66)50(64)49(63)51(57)65)12-16-74-20-24-76-22-18-72-14-10-59-78(69,70)40-8-4-6-36(26-40)44-32-61(2)34-46-42(44)28-38(54)30-48(46)56/h3-8,25-30,43-44,49-50,58-59,63-64H,9-24,31-34H2,1-2H3,(H2,57,65). The molecule has 0 aliphatic carbocycles. The minimum absolute atomic E-state index is 0.0134. The highest BCUT2D eigenvalue weighted by Crippen LogP contribution is 2.40. The van der Waals surface area contributed by atoms with E-state index in [4.69, 9.17) is 80.6 Å². The Balaban J connectivity index is 0.805. The molecule has 0 bridgehead atoms. The van der Waals surface area contributed by atoms with E-state index in [-0.39, 0.29) is 127 Å². The van der Waals surface area contributed by atoms with Crippen LogP contribution in [-0.2, 0) is 71.1 Å². The number of hydrogen-bond acceptors (Lipinski definition) is 16. The van der Waals surface area contributed by atoms with Crippen molar-refractivity contribution in [3.05, 3.63) is 126 Å². The van der Waals surface area contributed by atoms with Crippen molar-refractivity contribution in [3.63, 3.8) is 0 Å². The number of carbonyl (C=O) groups is 2. The summed E-state index contributed by atoms with van der Waals surface area (Å²) in [6.07, 6.45) is -4.22. The third-order valence-electron chi connectivity index (χ3n) is 12.9. The molecule has 430 valence electrons. The Bertz CT molecular complexity index is 2690. The molecule has 2 heterocycles. The molecule has 4 atom stereocenters. The van der Waals surface area contributed by atoms with Crippen LogP contribution in [0.1, 0.15) is 45.2 Å². The molecule has 0 saturated carbocycles. The summed E-state index contributed by atoms with van der Waals surface area (Å²) in [7, 11) is -3.72. The molecule has 4 aromatic rings. The van der Waals surface area contributed by atoms with Crippen molar-refractivity contribution in [2.45, 2.75) is 46.9 Å². The number of hydrogen-bond donors (Lipinski definition) is 5. The van der Waals surface area contributed by atoms with Crippen molar-refractivity contribution < 1.29 is 65.1 Å². The minimum Gasteiger partial charge on any atom is -0.380 e. The van der Waals surface area contributed by atoms with Gasteiger partial charge in [-0.3, -0.25) is 9.59 Å². The fourth-order valence-electron chi connectivity index (χ4n) is 8.96. The molecule has 2 aliphatic heterocycles. The van der Waals surface area contributed by atoms with Crippen LogP contribution in [0.4, 0.5) is 0 Å². The molecule has 20 nitrogen and oxygen atoms in total. The Morgan fingerprint density at radius 3 is 1.35 bits per heavy atom. The lowest BCUT2D eigenvalue weighted by atomic mass is 9.85. The largest absolute Gasteiger partial charge is 0.380 e. The first-order valence-corrected chi connectivity index (χ1v) is 29.7. The summed E-state index contributed by atoms with van der Waals surface area (Å²) < 4.78 is 91.4. The average Bonchev–Trinajstić information content (AvgIpc) is 3.46. The van der Waals surface area contributed by atoms with E-state index in [2.05, 4.69) is 19.2 Å². The molecule has 78 heavy (non-hydrogen) atoms. The summed E-state index contributed by atoms with van der Waals surface area (Å²) in [5.74, 6) is -2.47. The van der Waals surface area contributed by atoms with Gasteiger partial charge in [0, 0.05) is 84.3 Å². The number of sulfonamides is 2. The molecule has 6 rings (SSSR count). The number of aliphatic hydroxyl groups is 2. The predicted molar refractivity (Wildman–Crippen MR) is 295 cm³/mol. The van der Waals surface area contributed by atoms with Gasteiger partial charge in [0.05, 0.1) is 89.1 Å². The smallest absolute Gasteiger partial charge is 0.254 e. The zero-order chi connectivity index (χ0) is 56.4. The van der Waals surface area contributed by atoms with Crippen LogP contribution in [0.25, 0.3) is 0 Å². The number of rotatable bonds is 33. The Morgan fingerprint density at radius 1 is 0.590 bits per heavy atom. The molecule has 0 fully saturated rings. The van der Waals surface area contributed by atoms with Gasteiger partial charge < -0.3 is 59.1 Å². The number of nitrogens with two attached hydrogens (primary N) is 1. The molecule has 2 amide bonds. The molecule has 0 saturated heterocycles. The number of amides is 2. The van der Waals surface area contributed by atoms with Gasteiger partial charge >= 0.3 is 0 Å². The van der Waals surface area contributed by atoms with Crippen LogP contribution in [0.15, 0.2) is 82.6 Å². The first-order chi connectivity index (χ1) is 37.2. The van der Waals surface area contributed by atoms with Crippen LogP contribution in [0.3, 0.4) is 0 Å². The van der Waals surface area contributed by atoms with Crippen molar-refractivity contribution in [1.29, 1.82) is 0 Å². The number of benzene rings is 4. The van der Waals surface area contributed by atoms with Gasteiger partial charge in [0.1, 0.15) is 0 Å². The van der Waals surface area contributed by atoms with Gasteiger partial charge in [-0.25, -0.2) is 26.3 Å². The lowest BCUT2D eigenvalue weighted by molar-refractivity contribution is -0.153. The number of halogens is 4. The summed E-state index contributed by atoms with van der Waals surface area (Å²) in [5.41, 5.74) is 10.6. The van der Waals surface area contributed by atoms with E-state index in [1.54, 1.807) is 36.4 Å². The second-order valence-electron chi connectivity index (χ2n) is 18.6. The second-order valence-corrected chi connectivity index (χ2v) is 23.9. The van der Waals surface area contributed by atoms with Gasteiger partial charge in [0.25, 0.3) is 5.91 Å². The van der Waals surface area contributed by atoms with Gasteiger partial charge in [-0.15, -0.1) is 0 Å². The van der Waals surface area contributed by atoms with Crippen molar-refractivity contribution in [1.82, 2.24) is 24.1 Å². The van der Waals surface area contributed by atoms with Crippen molar-refractivity contribution in [2.24, 2.45) is 5.73 Å². The van der Waals surface area contributed by atoms with Crippen LogP contribution in [0.2, 0.25) is 20.1 Å². The third kappa shape index (κ3) is 18.7. The number of nitrogens with zero attached hydrogens (tertiary/aromatic N) is 3. The molecule has 4 aromatic carbocycles. The number of aliphatic hydroxyl groups excluding tert-OH is 2. The SMILES string of the molecule is CN1Cc2c(Cl)cc(Cl)cc2C(c2cccc(S(=O)(=O)NCCOCCOCCOCCN(CCOCCOCCOCCNS(=O)(=O)c3cccc(C4CN(C)Cc5c(Cl)cc(Cl)cc54)c3)C(=O)C(O)C(O)C(N)=O)c2)C1. The molecule has 0 aromatic heterocycles. The van der Waals surface area contributed by atoms with E-state index in [0.29, 0.717) is 46.3 Å². The molecule has 0 spiro atoms. The zero-order valence-corrected chi connectivity index (χ0v) is 48.1. The maximum absolute atomic E-state index is 13.2. The van der Waals surface area contributed by atoms with E-state index in [1.807, 2.05) is 38.4 Å². The quantitative estimate of drug-likeness (QED) is 0.0425. The van der Waals surface area contributed by atoms with Gasteiger partial charge in [-0.05, 0) is 96.0 Å². The fourth-order valence-corrected chi connectivity index (χ4v) is 12.2. The first kappa shape index (κ1) is 63.6. The van der Waals surface area contributed by atoms with Gasteiger partial charge in [0.15, 0.2) is 12.2 Å². The number of carbonyl (C=O) groups excluding carboxylic acids is 2. The van der Waals surface area contributed by atoms with Crippen LogP contribution in [0, 0.1) is 0 Å². The van der Waals surface area contributed by atoms with Crippen molar-refractivity contribution in [2.75, 3.05) is 133 Å². The monoisotopic (exact) mass is 1200 g/mol. The van der Waals surface area contributed by atoms with Crippen LogP contribution >= 0.6 is 46.4 Å². The summed E-state index contributed by atoms with van der Waals surface area (Å²) in [6, 6.07) is 20.8. The molecule has 6 N–H and O–H groups in total. The maximum atomic E-state index is 13.2. The molecule has 2 aliphatic rings. The van der Waals surface area contributed by atoms with E-state index in [1.165, 1.54) is 17.0 Å². The number of nitrogens with one attached hydrogen (secondary N) is 2. The Hall–Kier alpha value is -3.60. The van der Waals surface area contributed by atoms with E-state index in [0.717, 1.165) is 33.4 Å². The topological polar surface area (TPSA) is 258 Å². The highest BCUT2D eigenvalue weighted by Gasteiger charge is 2.33. The van der Waals surface area contributed by atoms with E-state index < -0.39 is 44.1 Å². The Labute approximate surface area is 476 Å². The number of likely N-dealkylation sites (N-methyl/N-ethyl adjacent to an activating group) is 2. The molecular formula is C52H68Cl4N6O14S2. The zero-order valence-electron chi connectivity index (χ0n) is 43.4. The molecular weight excluding hydrogens is 1140 g/mol. The van der Waals surface area contributed by atoms with Crippen LogP contribution in [-0.4, -0.2) is 198 Å². The van der Waals surface area contributed by atoms with Crippen LogP contribution < -0.4 is 15.2 Å². The molecule has 26 heteroatoms. The lowest BCUT2D eigenvalue weighted by Crippen LogP contribution is -2.51. The Kier molecular flexibility index (Phi) is 25.3. The summed E-state index contributed by atoms with van der Waals surface area (Å²) in [5, 5.41) is 22.4. The molecule has 4 unspecified atom stereocenters. The normalized spacial score (nSPS) is 16.9. The summed E-state index contributed by atoms with van der Waals surface area (Å²) >= 11 is 25.7. The van der Waals surface area contributed by atoms with E-state index in [9.17, 15) is 36.6 Å². The van der Waals surface area contributed by atoms with Gasteiger partial charge in [-0.1, -0.05) is 70.7 Å². The maximum Gasteiger partial charge on any atom is 0.254 e. The van der Waals surface area contributed by atoms with Crippen molar-refractivity contribution in [3.8, 4) is 0 Å². The number of ether oxygens (including phenoxy) is 6. The van der Waals surface area contributed by atoms with E-state index >= 15 is 0 Å². The second kappa shape index (κ2) is 31.0. The minimum atomic E-state index is -3.84.